The topological polar surface area (TPSA) is 72.9 Å². The Bertz CT molecular complexity index is 556. The number of aryl methyl sites for hydroxylation is 2. The van der Waals surface area contributed by atoms with Gasteiger partial charge in [-0.1, -0.05) is 6.92 Å². The molecule has 1 N–H and O–H groups in total. The predicted molar refractivity (Wildman–Crippen MR) is 65.5 cm³/mol. The van der Waals surface area contributed by atoms with E-state index in [-0.39, 0.29) is 5.56 Å². The van der Waals surface area contributed by atoms with Crippen LogP contribution in [-0.4, -0.2) is 30.4 Å². The normalized spacial score (nSPS) is 10.8. The summed E-state index contributed by atoms with van der Waals surface area (Å²) >= 11 is 0. The number of aromatic carboxylic acids is 1. The summed E-state index contributed by atoms with van der Waals surface area (Å²) in [5.74, 6) is 0.0188. The zero-order chi connectivity index (χ0) is 13.1. The zero-order valence-corrected chi connectivity index (χ0v) is 10.5. The van der Waals surface area contributed by atoms with Crippen LogP contribution in [0.5, 0.6) is 0 Å². The molecule has 0 amide bonds. The molecule has 0 atom stereocenters. The molecule has 0 aliphatic carbocycles. The lowest BCUT2D eigenvalue weighted by Crippen LogP contribution is -2.11. The van der Waals surface area contributed by atoms with E-state index in [0.29, 0.717) is 12.2 Å². The molecule has 6 nitrogen and oxygen atoms in total. The van der Waals surface area contributed by atoms with E-state index in [1.54, 1.807) is 17.9 Å². The highest BCUT2D eigenvalue weighted by molar-refractivity contribution is 5.88. The Labute approximate surface area is 105 Å². The lowest BCUT2D eigenvalue weighted by molar-refractivity contribution is 0.0695. The van der Waals surface area contributed by atoms with Crippen LogP contribution >= 0.6 is 0 Å². The first-order chi connectivity index (χ1) is 8.63. The minimum absolute atomic E-state index is 0.244. The van der Waals surface area contributed by atoms with Crippen LogP contribution < -0.4 is 0 Å². The van der Waals surface area contributed by atoms with E-state index in [1.165, 1.54) is 6.20 Å². The van der Waals surface area contributed by atoms with Gasteiger partial charge in [0.1, 0.15) is 11.4 Å². The molecule has 0 unspecified atom stereocenters. The van der Waals surface area contributed by atoms with Crippen molar-refractivity contribution in [1.82, 2.24) is 19.3 Å². The molecule has 0 saturated carbocycles. The predicted octanol–water partition coefficient (Wildman–Crippen LogP) is 1.32. The molecular weight excluding hydrogens is 232 g/mol. The number of aromatic nitrogens is 4. The zero-order valence-electron chi connectivity index (χ0n) is 10.5. The molecule has 6 heteroatoms. The summed E-state index contributed by atoms with van der Waals surface area (Å²) in [6, 6.07) is 0. The van der Waals surface area contributed by atoms with E-state index in [0.717, 1.165) is 18.7 Å². The van der Waals surface area contributed by atoms with Crippen LogP contribution in [0.4, 0.5) is 0 Å². The first-order valence-corrected chi connectivity index (χ1v) is 5.87. The summed E-state index contributed by atoms with van der Waals surface area (Å²) in [6.07, 6.45) is 6.88. The fourth-order valence-corrected chi connectivity index (χ4v) is 1.93. The molecule has 2 heterocycles. The van der Waals surface area contributed by atoms with Gasteiger partial charge in [0.05, 0.1) is 18.4 Å². The number of nitrogens with zero attached hydrogens (tertiary/aromatic N) is 4. The van der Waals surface area contributed by atoms with Crippen LogP contribution in [0, 0.1) is 0 Å². The molecule has 2 rings (SSSR count). The van der Waals surface area contributed by atoms with Crippen LogP contribution in [-0.2, 0) is 20.0 Å². The van der Waals surface area contributed by atoms with Crippen LogP contribution in [0.15, 0.2) is 18.6 Å². The molecule has 2 aromatic rings. The number of carbonyl (C=O) groups is 1. The van der Waals surface area contributed by atoms with Crippen LogP contribution in [0.25, 0.3) is 0 Å². The van der Waals surface area contributed by atoms with Gasteiger partial charge in [-0.2, -0.15) is 5.10 Å². The number of rotatable bonds is 5. The summed E-state index contributed by atoms with van der Waals surface area (Å²) in [6.45, 7) is 2.57. The standard InChI is InChI=1S/C12H16N4O2/c1-3-4-11-13-5-6-16(11)8-10-9(12(17)18)7-14-15(10)2/h5-7H,3-4,8H2,1-2H3,(H,17,18). The molecule has 0 aliphatic heterocycles. The second kappa shape index (κ2) is 5.03. The van der Waals surface area contributed by atoms with E-state index in [4.69, 9.17) is 5.11 Å². The number of hydrogen-bond acceptors (Lipinski definition) is 3. The van der Waals surface area contributed by atoms with Crippen molar-refractivity contribution in [3.8, 4) is 0 Å². The second-order valence-electron chi connectivity index (χ2n) is 4.16. The Morgan fingerprint density at radius 1 is 1.50 bits per heavy atom. The highest BCUT2D eigenvalue weighted by atomic mass is 16.4. The maximum absolute atomic E-state index is 11.1. The van der Waals surface area contributed by atoms with Crippen LogP contribution in [0.3, 0.4) is 0 Å². The third-order valence-electron chi connectivity index (χ3n) is 2.89. The molecule has 0 fully saturated rings. The van der Waals surface area contributed by atoms with Crippen LogP contribution in [0.1, 0.15) is 35.2 Å². The fraction of sp³-hybridized carbons (Fsp3) is 0.417. The Balaban J connectivity index is 2.31. The van der Waals surface area contributed by atoms with E-state index >= 15 is 0 Å². The third-order valence-corrected chi connectivity index (χ3v) is 2.89. The Morgan fingerprint density at radius 2 is 2.28 bits per heavy atom. The van der Waals surface area contributed by atoms with Crippen molar-refractivity contribution in [3.63, 3.8) is 0 Å². The number of carboxylic acid groups (broad SMARTS) is 1. The van der Waals surface area contributed by atoms with Gasteiger partial charge in [0.25, 0.3) is 0 Å². The van der Waals surface area contributed by atoms with Crippen molar-refractivity contribution in [1.29, 1.82) is 0 Å². The second-order valence-corrected chi connectivity index (χ2v) is 4.16. The van der Waals surface area contributed by atoms with E-state index in [2.05, 4.69) is 17.0 Å². The van der Waals surface area contributed by atoms with Crippen molar-refractivity contribution in [3.05, 3.63) is 35.7 Å². The molecular formula is C12H16N4O2. The fourth-order valence-electron chi connectivity index (χ4n) is 1.93. The molecule has 18 heavy (non-hydrogen) atoms. The minimum Gasteiger partial charge on any atom is -0.478 e. The van der Waals surface area contributed by atoms with E-state index in [9.17, 15) is 4.79 Å². The Kier molecular flexibility index (Phi) is 3.45. The van der Waals surface area contributed by atoms with Gasteiger partial charge in [-0.25, -0.2) is 9.78 Å². The highest BCUT2D eigenvalue weighted by Crippen LogP contribution is 2.11. The highest BCUT2D eigenvalue weighted by Gasteiger charge is 2.16. The summed E-state index contributed by atoms with van der Waals surface area (Å²) in [4.78, 5) is 15.4. The molecule has 0 saturated heterocycles. The molecule has 0 bridgehead atoms. The van der Waals surface area contributed by atoms with Gasteiger partial charge in [0, 0.05) is 25.9 Å². The van der Waals surface area contributed by atoms with Gasteiger partial charge in [-0.3, -0.25) is 4.68 Å². The quantitative estimate of drug-likeness (QED) is 0.866. The van der Waals surface area contributed by atoms with Gasteiger partial charge >= 0.3 is 5.97 Å². The molecule has 0 aromatic carbocycles. The van der Waals surface area contributed by atoms with Crippen molar-refractivity contribution in [2.75, 3.05) is 0 Å². The average Bonchev–Trinajstić information content (AvgIpc) is 2.89. The monoisotopic (exact) mass is 248 g/mol. The summed E-state index contributed by atoms with van der Waals surface area (Å²) < 4.78 is 3.56. The minimum atomic E-state index is -0.949. The van der Waals surface area contributed by atoms with Crippen molar-refractivity contribution in [2.45, 2.75) is 26.3 Å². The van der Waals surface area contributed by atoms with Crippen molar-refractivity contribution < 1.29 is 9.90 Å². The molecule has 96 valence electrons. The maximum Gasteiger partial charge on any atom is 0.339 e. The van der Waals surface area contributed by atoms with Gasteiger partial charge in [0.2, 0.25) is 0 Å². The first-order valence-electron chi connectivity index (χ1n) is 5.87. The maximum atomic E-state index is 11.1. The lowest BCUT2D eigenvalue weighted by atomic mass is 10.2. The van der Waals surface area contributed by atoms with Crippen molar-refractivity contribution in [2.24, 2.45) is 7.05 Å². The van der Waals surface area contributed by atoms with Crippen molar-refractivity contribution >= 4 is 5.97 Å². The van der Waals surface area contributed by atoms with Crippen LogP contribution in [0.2, 0.25) is 0 Å². The largest absolute Gasteiger partial charge is 0.478 e. The Hall–Kier alpha value is -2.11. The third kappa shape index (κ3) is 2.27. The Morgan fingerprint density at radius 3 is 2.94 bits per heavy atom. The molecule has 0 spiro atoms. The lowest BCUT2D eigenvalue weighted by Gasteiger charge is -2.08. The van der Waals surface area contributed by atoms with Gasteiger partial charge in [-0.05, 0) is 6.42 Å². The molecule has 0 aliphatic rings. The number of imidazole rings is 1. The number of hydrogen-bond donors (Lipinski definition) is 1. The number of carboxylic acids is 1. The van der Waals surface area contributed by atoms with E-state index in [1.807, 2.05) is 10.8 Å². The summed E-state index contributed by atoms with van der Waals surface area (Å²) in [5.41, 5.74) is 0.923. The van der Waals surface area contributed by atoms with Gasteiger partial charge in [-0.15, -0.1) is 0 Å². The van der Waals surface area contributed by atoms with Gasteiger partial charge in [0.15, 0.2) is 0 Å². The SMILES string of the molecule is CCCc1nccn1Cc1c(C(=O)O)cnn1C. The smallest absolute Gasteiger partial charge is 0.339 e. The summed E-state index contributed by atoms with van der Waals surface area (Å²) in [7, 11) is 1.75. The molecule has 2 aromatic heterocycles. The first kappa shape index (κ1) is 12.3. The van der Waals surface area contributed by atoms with E-state index < -0.39 is 5.97 Å². The average molecular weight is 248 g/mol. The summed E-state index contributed by atoms with van der Waals surface area (Å²) in [5, 5.41) is 13.1. The van der Waals surface area contributed by atoms with Gasteiger partial charge < -0.3 is 9.67 Å². The molecule has 0 radical (unpaired) electrons.